The molecule has 0 aliphatic heterocycles. The molecule has 0 saturated heterocycles. The van der Waals surface area contributed by atoms with Crippen LogP contribution in [-0.2, 0) is 0 Å². The molecule has 4 nitrogen and oxygen atoms in total. The summed E-state index contributed by atoms with van der Waals surface area (Å²) in [6.07, 6.45) is 6.23. The highest BCUT2D eigenvalue weighted by atomic mass is 32.1. The molecule has 2 atom stereocenters. The molecule has 1 saturated carbocycles. The first-order valence-corrected chi connectivity index (χ1v) is 7.37. The largest absolute Gasteiger partial charge is 0.388 e. The summed E-state index contributed by atoms with van der Waals surface area (Å²) in [6.45, 7) is 4.26. The van der Waals surface area contributed by atoms with E-state index in [9.17, 15) is 0 Å². The van der Waals surface area contributed by atoms with Crippen molar-refractivity contribution in [1.82, 2.24) is 9.97 Å². The van der Waals surface area contributed by atoms with Crippen LogP contribution in [0.15, 0.2) is 6.07 Å². The Morgan fingerprint density at radius 2 is 2.11 bits per heavy atom. The second-order valence-corrected chi connectivity index (χ2v) is 5.98. The zero-order valence-corrected chi connectivity index (χ0v) is 12.5. The monoisotopic (exact) mass is 278 g/mol. The van der Waals surface area contributed by atoms with E-state index >= 15 is 0 Å². The van der Waals surface area contributed by atoms with Crippen LogP contribution >= 0.6 is 12.2 Å². The smallest absolute Gasteiger partial charge is 0.223 e. The Balaban J connectivity index is 2.07. The van der Waals surface area contributed by atoms with E-state index in [2.05, 4.69) is 22.2 Å². The molecule has 0 amide bonds. The van der Waals surface area contributed by atoms with Gasteiger partial charge in [-0.1, -0.05) is 32.0 Å². The van der Waals surface area contributed by atoms with Gasteiger partial charge in [-0.15, -0.1) is 0 Å². The highest BCUT2D eigenvalue weighted by Gasteiger charge is 2.17. The van der Waals surface area contributed by atoms with Crippen LogP contribution in [0.3, 0.4) is 0 Å². The topological polar surface area (TPSA) is 63.8 Å². The number of anilines is 1. The third-order valence-electron chi connectivity index (χ3n) is 3.70. The number of aromatic nitrogens is 2. The van der Waals surface area contributed by atoms with Gasteiger partial charge in [0.2, 0.25) is 5.95 Å². The van der Waals surface area contributed by atoms with Crippen molar-refractivity contribution in [3.8, 4) is 0 Å². The number of nitrogens with two attached hydrogens (primary N) is 1. The SMILES string of the molecule is Cc1cc(C(N)=S)nc(NC2CCCC(C)CC2)n1. The first-order chi connectivity index (χ1) is 9.04. The molecule has 0 aromatic carbocycles. The van der Waals surface area contributed by atoms with Crippen LogP contribution in [0.4, 0.5) is 5.95 Å². The second kappa shape index (κ2) is 6.28. The Morgan fingerprint density at radius 3 is 2.84 bits per heavy atom. The van der Waals surface area contributed by atoms with Gasteiger partial charge in [-0.3, -0.25) is 0 Å². The fourth-order valence-electron chi connectivity index (χ4n) is 2.57. The Hall–Kier alpha value is -1.23. The summed E-state index contributed by atoms with van der Waals surface area (Å²) < 4.78 is 0. The molecule has 104 valence electrons. The average Bonchev–Trinajstić information content (AvgIpc) is 2.54. The first-order valence-electron chi connectivity index (χ1n) is 6.96. The van der Waals surface area contributed by atoms with Crippen LogP contribution in [-0.4, -0.2) is 21.0 Å². The maximum absolute atomic E-state index is 5.64. The van der Waals surface area contributed by atoms with Gasteiger partial charge in [-0.25, -0.2) is 9.97 Å². The van der Waals surface area contributed by atoms with Gasteiger partial charge in [-0.05, 0) is 38.2 Å². The standard InChI is InChI=1S/C14H22N4S/c1-9-4-3-5-11(7-6-9)17-14-16-10(2)8-12(18-14)13(15)19/h8-9,11H,3-7H2,1-2H3,(H2,15,19)(H,16,17,18). The molecule has 1 aromatic rings. The quantitative estimate of drug-likeness (QED) is 0.657. The lowest BCUT2D eigenvalue weighted by molar-refractivity contribution is 0.501. The molecular formula is C14H22N4S. The molecule has 5 heteroatoms. The fourth-order valence-corrected chi connectivity index (χ4v) is 2.68. The van der Waals surface area contributed by atoms with Crippen LogP contribution in [0.5, 0.6) is 0 Å². The minimum absolute atomic E-state index is 0.322. The van der Waals surface area contributed by atoms with Crippen LogP contribution in [0.2, 0.25) is 0 Å². The minimum Gasteiger partial charge on any atom is -0.388 e. The first kappa shape index (κ1) is 14.2. The van der Waals surface area contributed by atoms with Gasteiger partial charge in [0.25, 0.3) is 0 Å². The molecule has 3 N–H and O–H groups in total. The molecule has 1 aliphatic rings. The van der Waals surface area contributed by atoms with E-state index in [0.717, 1.165) is 11.6 Å². The van der Waals surface area contributed by atoms with E-state index in [1.54, 1.807) is 0 Å². The van der Waals surface area contributed by atoms with Gasteiger partial charge < -0.3 is 11.1 Å². The van der Waals surface area contributed by atoms with Crippen molar-refractivity contribution in [1.29, 1.82) is 0 Å². The molecule has 2 rings (SSSR count). The lowest BCUT2D eigenvalue weighted by Crippen LogP contribution is -2.22. The number of aryl methyl sites for hydroxylation is 1. The summed E-state index contributed by atoms with van der Waals surface area (Å²) >= 11 is 4.98. The van der Waals surface area contributed by atoms with Crippen molar-refractivity contribution in [3.05, 3.63) is 17.5 Å². The maximum atomic E-state index is 5.64. The zero-order chi connectivity index (χ0) is 13.8. The molecule has 0 radical (unpaired) electrons. The van der Waals surface area contributed by atoms with Crippen LogP contribution in [0, 0.1) is 12.8 Å². The molecule has 1 heterocycles. The van der Waals surface area contributed by atoms with Gasteiger partial charge in [0.1, 0.15) is 10.7 Å². The van der Waals surface area contributed by atoms with Gasteiger partial charge in [0.15, 0.2) is 0 Å². The molecule has 2 unspecified atom stereocenters. The van der Waals surface area contributed by atoms with Crippen molar-refractivity contribution in [2.24, 2.45) is 11.7 Å². The summed E-state index contributed by atoms with van der Waals surface area (Å²) in [7, 11) is 0. The van der Waals surface area contributed by atoms with E-state index in [0.29, 0.717) is 22.7 Å². The summed E-state index contributed by atoms with van der Waals surface area (Å²) in [6, 6.07) is 2.29. The zero-order valence-electron chi connectivity index (χ0n) is 11.6. The molecule has 1 aromatic heterocycles. The van der Waals surface area contributed by atoms with Crippen molar-refractivity contribution in [2.45, 2.75) is 52.0 Å². The van der Waals surface area contributed by atoms with E-state index in [1.165, 1.54) is 32.1 Å². The van der Waals surface area contributed by atoms with Crippen LogP contribution < -0.4 is 11.1 Å². The predicted molar refractivity (Wildman–Crippen MR) is 82.3 cm³/mol. The van der Waals surface area contributed by atoms with Gasteiger partial charge in [0, 0.05) is 11.7 Å². The van der Waals surface area contributed by atoms with E-state index in [4.69, 9.17) is 18.0 Å². The maximum Gasteiger partial charge on any atom is 0.223 e. The number of nitrogens with zero attached hydrogens (tertiary/aromatic N) is 2. The summed E-state index contributed by atoms with van der Waals surface area (Å²) in [5, 5.41) is 3.44. The molecule has 19 heavy (non-hydrogen) atoms. The Kier molecular flexibility index (Phi) is 4.69. The van der Waals surface area contributed by atoms with E-state index < -0.39 is 0 Å². The highest BCUT2D eigenvalue weighted by molar-refractivity contribution is 7.80. The number of nitrogens with one attached hydrogen (secondary N) is 1. The van der Waals surface area contributed by atoms with E-state index in [1.807, 2.05) is 13.0 Å². The lowest BCUT2D eigenvalue weighted by atomic mass is 10.0. The lowest BCUT2D eigenvalue weighted by Gasteiger charge is -2.17. The fraction of sp³-hybridized carbons (Fsp3) is 0.643. The third kappa shape index (κ3) is 4.13. The van der Waals surface area contributed by atoms with Crippen LogP contribution in [0.1, 0.15) is 50.4 Å². The molecule has 0 spiro atoms. The Bertz CT molecular complexity index is 461. The molecular weight excluding hydrogens is 256 g/mol. The summed E-state index contributed by atoms with van der Waals surface area (Å²) in [5.74, 6) is 1.49. The number of thiocarbonyl (C=S) groups is 1. The van der Waals surface area contributed by atoms with Crippen molar-refractivity contribution in [2.75, 3.05) is 5.32 Å². The molecule has 0 bridgehead atoms. The molecule has 1 aliphatic carbocycles. The number of hydrogen-bond acceptors (Lipinski definition) is 4. The Labute approximate surface area is 120 Å². The van der Waals surface area contributed by atoms with Gasteiger partial charge in [-0.2, -0.15) is 0 Å². The van der Waals surface area contributed by atoms with Crippen molar-refractivity contribution < 1.29 is 0 Å². The minimum atomic E-state index is 0.322. The molecule has 1 fully saturated rings. The third-order valence-corrected chi connectivity index (χ3v) is 3.91. The second-order valence-electron chi connectivity index (χ2n) is 5.54. The van der Waals surface area contributed by atoms with Gasteiger partial charge >= 0.3 is 0 Å². The summed E-state index contributed by atoms with van der Waals surface area (Å²) in [5.41, 5.74) is 7.18. The van der Waals surface area contributed by atoms with Crippen molar-refractivity contribution in [3.63, 3.8) is 0 Å². The van der Waals surface area contributed by atoms with E-state index in [-0.39, 0.29) is 0 Å². The predicted octanol–water partition coefficient (Wildman–Crippen LogP) is 2.80. The normalized spacial score (nSPS) is 23.7. The average molecular weight is 278 g/mol. The Morgan fingerprint density at radius 1 is 1.32 bits per heavy atom. The number of hydrogen-bond donors (Lipinski definition) is 2. The van der Waals surface area contributed by atoms with Crippen LogP contribution in [0.25, 0.3) is 0 Å². The summed E-state index contributed by atoms with van der Waals surface area (Å²) in [4.78, 5) is 9.13. The van der Waals surface area contributed by atoms with Crippen molar-refractivity contribution >= 4 is 23.2 Å². The number of rotatable bonds is 3. The highest BCUT2D eigenvalue weighted by Crippen LogP contribution is 2.24. The van der Waals surface area contributed by atoms with Gasteiger partial charge in [0.05, 0.1) is 0 Å².